The highest BCUT2D eigenvalue weighted by Crippen LogP contribution is 2.29. The van der Waals surface area contributed by atoms with Crippen molar-refractivity contribution in [1.82, 2.24) is 4.98 Å². The second-order valence-corrected chi connectivity index (χ2v) is 6.09. The summed E-state index contributed by atoms with van der Waals surface area (Å²) in [5.74, 6) is 1.11. The topological polar surface area (TPSA) is 62.4 Å². The van der Waals surface area contributed by atoms with Crippen molar-refractivity contribution in [3.8, 4) is 0 Å². The number of aliphatic hydroxyl groups is 1. The van der Waals surface area contributed by atoms with E-state index in [1.54, 1.807) is 0 Å². The predicted molar refractivity (Wildman–Crippen MR) is 89.6 cm³/mol. The van der Waals surface area contributed by atoms with E-state index in [0.717, 1.165) is 41.8 Å². The molecule has 2 aromatic rings. The Bertz CT molecular complexity index is 686. The van der Waals surface area contributed by atoms with Crippen LogP contribution in [-0.2, 0) is 0 Å². The van der Waals surface area contributed by atoms with Gasteiger partial charge >= 0.3 is 0 Å². The number of hydrogen-bond donors (Lipinski definition) is 2. The van der Waals surface area contributed by atoms with Crippen LogP contribution in [0.1, 0.15) is 18.9 Å². The molecule has 2 unspecified atom stereocenters. The number of aromatic nitrogens is 1. The molecular weight excluding hydrogens is 282 g/mol. The fraction of sp³-hybridized carbons (Fsp3) is 0.375. The summed E-state index contributed by atoms with van der Waals surface area (Å²) in [5.41, 5.74) is 7.64. The lowest BCUT2D eigenvalue weighted by atomic mass is 10.0. The van der Waals surface area contributed by atoms with Gasteiger partial charge in [-0.25, -0.2) is 4.98 Å². The van der Waals surface area contributed by atoms with Crippen LogP contribution in [0.4, 0.5) is 5.82 Å². The lowest BCUT2D eigenvalue weighted by Crippen LogP contribution is -2.27. The molecule has 0 saturated carbocycles. The van der Waals surface area contributed by atoms with Gasteiger partial charge in [-0.1, -0.05) is 30.4 Å². The Balaban J connectivity index is 2.04. The van der Waals surface area contributed by atoms with Crippen LogP contribution in [0, 0.1) is 5.92 Å². The normalized spacial score (nSPS) is 19.9. The summed E-state index contributed by atoms with van der Waals surface area (Å²) < 4.78 is 0. The van der Waals surface area contributed by atoms with Gasteiger partial charge in [-0.15, -0.1) is 0 Å². The molecule has 0 spiro atoms. The number of anilines is 1. The lowest BCUT2D eigenvalue weighted by Gasteiger charge is -2.22. The Morgan fingerprint density at radius 3 is 2.90 bits per heavy atom. The van der Waals surface area contributed by atoms with Crippen molar-refractivity contribution in [2.24, 2.45) is 11.7 Å². The van der Waals surface area contributed by atoms with E-state index in [1.165, 1.54) is 0 Å². The monoisotopic (exact) mass is 301 g/mol. The molecule has 1 saturated heterocycles. The summed E-state index contributed by atoms with van der Waals surface area (Å²) in [6.45, 7) is 3.51. The Labute approximate surface area is 129 Å². The maximum atomic E-state index is 9.77. The number of benzene rings is 1. The van der Waals surface area contributed by atoms with Crippen molar-refractivity contribution in [3.63, 3.8) is 0 Å². The molecular formula is C16H19N3OS. The minimum Gasteiger partial charge on any atom is -0.393 e. The number of pyridine rings is 1. The van der Waals surface area contributed by atoms with Gasteiger partial charge in [-0.3, -0.25) is 0 Å². The molecule has 0 amide bonds. The zero-order valence-corrected chi connectivity index (χ0v) is 12.8. The van der Waals surface area contributed by atoms with Crippen LogP contribution >= 0.6 is 12.2 Å². The molecule has 0 bridgehead atoms. The van der Waals surface area contributed by atoms with Gasteiger partial charge in [0.2, 0.25) is 0 Å². The Kier molecular flexibility index (Phi) is 3.78. The van der Waals surface area contributed by atoms with Gasteiger partial charge in [0.05, 0.1) is 17.2 Å². The number of rotatable bonds is 3. The minimum absolute atomic E-state index is 0.275. The van der Waals surface area contributed by atoms with E-state index < -0.39 is 0 Å². The van der Waals surface area contributed by atoms with E-state index >= 15 is 0 Å². The van der Waals surface area contributed by atoms with Crippen molar-refractivity contribution < 1.29 is 5.11 Å². The zero-order valence-electron chi connectivity index (χ0n) is 12.0. The largest absolute Gasteiger partial charge is 0.393 e. The maximum absolute atomic E-state index is 9.77. The van der Waals surface area contributed by atoms with Gasteiger partial charge in [0.1, 0.15) is 10.8 Å². The molecule has 0 radical (unpaired) electrons. The zero-order chi connectivity index (χ0) is 15.0. The number of nitrogens with zero attached hydrogens (tertiary/aromatic N) is 2. The van der Waals surface area contributed by atoms with E-state index in [9.17, 15) is 5.11 Å². The molecule has 3 rings (SSSR count). The van der Waals surface area contributed by atoms with Crippen LogP contribution in [-0.4, -0.2) is 34.3 Å². The fourth-order valence-electron chi connectivity index (χ4n) is 2.90. The molecule has 1 aromatic heterocycles. The highest BCUT2D eigenvalue weighted by Gasteiger charge is 2.28. The van der Waals surface area contributed by atoms with Crippen LogP contribution in [0.15, 0.2) is 30.3 Å². The molecule has 2 atom stereocenters. The molecule has 21 heavy (non-hydrogen) atoms. The van der Waals surface area contributed by atoms with E-state index in [1.807, 2.05) is 37.3 Å². The summed E-state index contributed by atoms with van der Waals surface area (Å²) in [7, 11) is 0. The molecule has 3 N–H and O–H groups in total. The molecule has 5 heteroatoms. The summed E-state index contributed by atoms with van der Waals surface area (Å²) >= 11 is 5.19. The Morgan fingerprint density at radius 1 is 1.48 bits per heavy atom. The summed E-state index contributed by atoms with van der Waals surface area (Å²) in [6, 6.07) is 9.96. The number of hydrogen-bond acceptors (Lipinski definition) is 4. The van der Waals surface area contributed by atoms with Crippen LogP contribution in [0.3, 0.4) is 0 Å². The first-order valence-electron chi connectivity index (χ1n) is 7.19. The second kappa shape index (κ2) is 5.58. The number of fused-ring (bicyclic) bond motifs is 1. The summed E-state index contributed by atoms with van der Waals surface area (Å²) in [5, 5.41) is 10.8. The highest BCUT2D eigenvalue weighted by atomic mass is 32.1. The Hall–Kier alpha value is -1.72. The quantitative estimate of drug-likeness (QED) is 0.850. The third-order valence-electron chi connectivity index (χ3n) is 4.18. The average Bonchev–Trinajstić information content (AvgIpc) is 2.95. The molecule has 1 fully saturated rings. The van der Waals surface area contributed by atoms with Crippen molar-refractivity contribution in [2.45, 2.75) is 19.4 Å². The third-order valence-corrected chi connectivity index (χ3v) is 4.40. The Morgan fingerprint density at radius 2 is 2.24 bits per heavy atom. The molecule has 1 aromatic carbocycles. The number of nitrogens with two attached hydrogens (primary N) is 1. The van der Waals surface area contributed by atoms with E-state index in [-0.39, 0.29) is 12.0 Å². The first-order valence-corrected chi connectivity index (χ1v) is 7.59. The first kappa shape index (κ1) is 14.2. The average molecular weight is 301 g/mol. The van der Waals surface area contributed by atoms with Crippen molar-refractivity contribution in [1.29, 1.82) is 0 Å². The molecule has 0 aliphatic carbocycles. The van der Waals surface area contributed by atoms with Crippen molar-refractivity contribution in [3.05, 3.63) is 35.9 Å². The highest BCUT2D eigenvalue weighted by molar-refractivity contribution is 7.80. The number of aliphatic hydroxyl groups excluding tert-OH is 1. The van der Waals surface area contributed by atoms with Gasteiger partial charge in [0.15, 0.2) is 0 Å². The minimum atomic E-state index is -0.302. The van der Waals surface area contributed by atoms with Crippen LogP contribution < -0.4 is 10.6 Å². The third kappa shape index (κ3) is 2.71. The molecule has 4 nitrogen and oxygen atoms in total. The van der Waals surface area contributed by atoms with Crippen molar-refractivity contribution in [2.75, 3.05) is 18.0 Å². The van der Waals surface area contributed by atoms with E-state index in [4.69, 9.17) is 22.9 Å². The summed E-state index contributed by atoms with van der Waals surface area (Å²) in [4.78, 5) is 7.29. The molecule has 110 valence electrons. The smallest absolute Gasteiger partial charge is 0.139 e. The molecule has 1 aliphatic heterocycles. The second-order valence-electron chi connectivity index (χ2n) is 5.65. The van der Waals surface area contributed by atoms with Crippen molar-refractivity contribution >= 4 is 33.9 Å². The van der Waals surface area contributed by atoms with Crippen LogP contribution in [0.25, 0.3) is 10.9 Å². The van der Waals surface area contributed by atoms with Gasteiger partial charge in [-0.2, -0.15) is 0 Å². The standard InChI is InChI=1S/C16H19N3OS/c1-10(20)12-6-7-19(9-12)16-13(15(17)21)8-11-4-2-3-5-14(11)18-16/h2-5,8,10,12,20H,6-7,9H2,1H3,(H2,17,21). The summed E-state index contributed by atoms with van der Waals surface area (Å²) in [6.07, 6.45) is 0.659. The maximum Gasteiger partial charge on any atom is 0.139 e. The molecule has 1 aliphatic rings. The van der Waals surface area contributed by atoms with Gasteiger partial charge in [0, 0.05) is 24.4 Å². The fourth-order valence-corrected chi connectivity index (χ4v) is 3.05. The van der Waals surface area contributed by atoms with Gasteiger partial charge in [0.25, 0.3) is 0 Å². The lowest BCUT2D eigenvalue weighted by molar-refractivity contribution is 0.136. The van der Waals surface area contributed by atoms with E-state index in [2.05, 4.69) is 4.90 Å². The SMILES string of the molecule is CC(O)C1CCN(c2nc3ccccc3cc2C(N)=S)C1. The van der Waals surface area contributed by atoms with Crippen LogP contribution in [0.2, 0.25) is 0 Å². The predicted octanol–water partition coefficient (Wildman–Crippen LogP) is 2.08. The number of thiocarbonyl (C=S) groups is 1. The van der Waals surface area contributed by atoms with Gasteiger partial charge < -0.3 is 15.7 Å². The van der Waals surface area contributed by atoms with Gasteiger partial charge in [-0.05, 0) is 25.5 Å². The first-order chi connectivity index (χ1) is 10.1. The number of para-hydroxylation sites is 1. The van der Waals surface area contributed by atoms with Crippen LogP contribution in [0.5, 0.6) is 0 Å². The van der Waals surface area contributed by atoms with E-state index in [0.29, 0.717) is 4.99 Å². The molecule has 2 heterocycles.